The number of halogens is 1. The average Bonchev–Trinajstić information content (AvgIpc) is 2.40. The summed E-state index contributed by atoms with van der Waals surface area (Å²) in [7, 11) is 0.618. The minimum atomic E-state index is 0. The maximum Gasteiger partial charge on any atom is 0.119 e. The van der Waals surface area contributed by atoms with Crippen molar-refractivity contribution in [2.45, 2.75) is 13.8 Å². The highest BCUT2D eigenvalue weighted by molar-refractivity contribution is 7.55. The first-order chi connectivity index (χ1) is 9.31. The third kappa shape index (κ3) is 5.03. The van der Waals surface area contributed by atoms with Crippen LogP contribution in [-0.4, -0.2) is 13.2 Å². The van der Waals surface area contributed by atoms with Crippen molar-refractivity contribution >= 4 is 31.6 Å². The Kier molecular flexibility index (Phi) is 7.43. The average molecular weight is 311 g/mol. The first-order valence-electron chi connectivity index (χ1n) is 6.54. The van der Waals surface area contributed by atoms with E-state index in [1.54, 1.807) is 0 Å². The fraction of sp³-hybridized carbons (Fsp3) is 0.250. The predicted octanol–water partition coefficient (Wildman–Crippen LogP) is 3.54. The molecule has 0 amide bonds. The molecule has 0 radical (unpaired) electrons. The van der Waals surface area contributed by atoms with Crippen molar-refractivity contribution in [3.8, 4) is 11.5 Å². The first-order valence-corrected chi connectivity index (χ1v) is 7.54. The second-order valence-electron chi connectivity index (χ2n) is 4.05. The van der Waals surface area contributed by atoms with Gasteiger partial charge in [-0.1, -0.05) is 32.8 Å². The number of hydrogen-bond donors (Lipinski definition) is 0. The SMILES string of the molecule is CCOc1cccc(Pc2cccc(OCC)c2)c1.Cl. The molecule has 2 aromatic carbocycles. The zero-order chi connectivity index (χ0) is 13.5. The van der Waals surface area contributed by atoms with E-state index >= 15 is 0 Å². The Bertz CT molecular complexity index is 484. The second-order valence-corrected chi connectivity index (χ2v) is 5.45. The Labute approximate surface area is 128 Å². The lowest BCUT2D eigenvalue weighted by Gasteiger charge is -2.08. The van der Waals surface area contributed by atoms with E-state index in [4.69, 9.17) is 9.47 Å². The standard InChI is InChI=1S/C16H19O2P.ClH/c1-3-17-13-7-5-9-15(11-13)19-16-10-6-8-14(12-16)18-4-2;/h5-12,19H,3-4H2,1-2H3;1H. The van der Waals surface area contributed by atoms with E-state index in [0.29, 0.717) is 21.8 Å². The molecule has 0 aliphatic rings. The molecule has 2 nitrogen and oxygen atoms in total. The maximum atomic E-state index is 5.53. The Morgan fingerprint density at radius 3 is 1.65 bits per heavy atom. The second kappa shape index (κ2) is 8.84. The van der Waals surface area contributed by atoms with E-state index in [9.17, 15) is 0 Å². The summed E-state index contributed by atoms with van der Waals surface area (Å²) in [5.74, 6) is 1.88. The lowest BCUT2D eigenvalue weighted by molar-refractivity contribution is 0.340. The van der Waals surface area contributed by atoms with E-state index in [-0.39, 0.29) is 12.4 Å². The molecule has 0 saturated carbocycles. The quantitative estimate of drug-likeness (QED) is 0.760. The van der Waals surface area contributed by atoms with Crippen LogP contribution in [0.2, 0.25) is 0 Å². The van der Waals surface area contributed by atoms with Gasteiger partial charge in [-0.2, -0.15) is 0 Å². The summed E-state index contributed by atoms with van der Waals surface area (Å²) in [6.07, 6.45) is 0. The van der Waals surface area contributed by atoms with Crippen molar-refractivity contribution in [2.75, 3.05) is 13.2 Å². The third-order valence-electron chi connectivity index (χ3n) is 2.58. The van der Waals surface area contributed by atoms with Gasteiger partial charge in [0.2, 0.25) is 0 Å². The highest BCUT2D eigenvalue weighted by Gasteiger charge is 2.00. The number of ether oxygens (including phenoxy) is 2. The smallest absolute Gasteiger partial charge is 0.119 e. The molecular formula is C16H20ClO2P. The molecule has 0 unspecified atom stereocenters. The Morgan fingerprint density at radius 1 is 0.800 bits per heavy atom. The van der Waals surface area contributed by atoms with Gasteiger partial charge in [0, 0.05) is 0 Å². The van der Waals surface area contributed by atoms with Gasteiger partial charge in [-0.25, -0.2) is 0 Å². The van der Waals surface area contributed by atoms with Gasteiger partial charge in [-0.15, -0.1) is 12.4 Å². The molecule has 0 aliphatic carbocycles. The monoisotopic (exact) mass is 310 g/mol. The first kappa shape index (κ1) is 16.8. The van der Waals surface area contributed by atoms with E-state index in [1.165, 1.54) is 10.6 Å². The van der Waals surface area contributed by atoms with Gasteiger partial charge >= 0.3 is 0 Å². The molecule has 2 rings (SSSR count). The third-order valence-corrected chi connectivity index (χ3v) is 3.78. The minimum absolute atomic E-state index is 0. The van der Waals surface area contributed by atoms with Crippen molar-refractivity contribution in [3.63, 3.8) is 0 Å². The van der Waals surface area contributed by atoms with Crippen LogP contribution in [0.25, 0.3) is 0 Å². The summed E-state index contributed by atoms with van der Waals surface area (Å²) >= 11 is 0. The van der Waals surface area contributed by atoms with Gasteiger partial charge < -0.3 is 9.47 Å². The number of benzene rings is 2. The fourth-order valence-corrected chi connectivity index (χ4v) is 2.95. The highest BCUT2D eigenvalue weighted by Crippen LogP contribution is 2.18. The van der Waals surface area contributed by atoms with Crippen LogP contribution in [0.3, 0.4) is 0 Å². The summed E-state index contributed by atoms with van der Waals surface area (Å²) < 4.78 is 11.1. The zero-order valence-corrected chi connectivity index (χ0v) is 13.6. The summed E-state index contributed by atoms with van der Waals surface area (Å²) in [6, 6.07) is 16.6. The molecule has 2 aromatic rings. The van der Waals surface area contributed by atoms with E-state index < -0.39 is 0 Å². The topological polar surface area (TPSA) is 18.5 Å². The summed E-state index contributed by atoms with van der Waals surface area (Å²) in [5.41, 5.74) is 0. The van der Waals surface area contributed by atoms with E-state index in [2.05, 4.69) is 24.3 Å². The van der Waals surface area contributed by atoms with Crippen LogP contribution in [0.1, 0.15) is 13.8 Å². The lowest BCUT2D eigenvalue weighted by atomic mass is 10.3. The maximum absolute atomic E-state index is 5.53. The van der Waals surface area contributed by atoms with Gasteiger partial charge in [0.05, 0.1) is 13.2 Å². The van der Waals surface area contributed by atoms with Crippen molar-refractivity contribution in [3.05, 3.63) is 48.5 Å². The highest BCUT2D eigenvalue weighted by atomic mass is 35.5. The Morgan fingerprint density at radius 2 is 1.25 bits per heavy atom. The molecule has 20 heavy (non-hydrogen) atoms. The van der Waals surface area contributed by atoms with Crippen molar-refractivity contribution in [1.29, 1.82) is 0 Å². The summed E-state index contributed by atoms with van der Waals surface area (Å²) in [4.78, 5) is 0. The van der Waals surface area contributed by atoms with E-state index in [1.807, 2.05) is 38.1 Å². The van der Waals surface area contributed by atoms with Gasteiger partial charge in [0.1, 0.15) is 11.5 Å². The summed E-state index contributed by atoms with van der Waals surface area (Å²) in [5, 5.41) is 2.55. The number of rotatable bonds is 6. The largest absolute Gasteiger partial charge is 0.494 e. The fourth-order valence-electron chi connectivity index (χ4n) is 1.83. The van der Waals surface area contributed by atoms with Crippen molar-refractivity contribution < 1.29 is 9.47 Å². The molecule has 0 N–H and O–H groups in total. The van der Waals surface area contributed by atoms with E-state index in [0.717, 1.165) is 11.5 Å². The lowest BCUT2D eigenvalue weighted by Crippen LogP contribution is -2.05. The normalized spacial score (nSPS) is 9.70. The molecule has 0 aromatic heterocycles. The van der Waals surface area contributed by atoms with Crippen LogP contribution in [0.4, 0.5) is 0 Å². The van der Waals surface area contributed by atoms with Gasteiger partial charge in [0.25, 0.3) is 0 Å². The molecule has 4 heteroatoms. The molecular weight excluding hydrogens is 291 g/mol. The molecule has 0 fully saturated rings. The molecule has 0 spiro atoms. The van der Waals surface area contributed by atoms with Crippen LogP contribution in [0.5, 0.6) is 11.5 Å². The molecule has 0 heterocycles. The Hall–Kier alpha value is -1.24. The van der Waals surface area contributed by atoms with Crippen molar-refractivity contribution in [1.82, 2.24) is 0 Å². The van der Waals surface area contributed by atoms with Crippen LogP contribution in [-0.2, 0) is 0 Å². The molecule has 0 bridgehead atoms. The van der Waals surface area contributed by atoms with Crippen LogP contribution < -0.4 is 20.1 Å². The van der Waals surface area contributed by atoms with Crippen LogP contribution in [0.15, 0.2) is 48.5 Å². The molecule has 0 atom stereocenters. The zero-order valence-electron chi connectivity index (χ0n) is 11.8. The van der Waals surface area contributed by atoms with Gasteiger partial charge in [-0.05, 0) is 48.7 Å². The Balaban J connectivity index is 0.00000200. The minimum Gasteiger partial charge on any atom is -0.494 e. The van der Waals surface area contributed by atoms with Gasteiger partial charge in [-0.3, -0.25) is 0 Å². The van der Waals surface area contributed by atoms with Crippen molar-refractivity contribution in [2.24, 2.45) is 0 Å². The molecule has 0 aliphatic heterocycles. The summed E-state index contributed by atoms with van der Waals surface area (Å²) in [6.45, 7) is 5.40. The molecule has 0 saturated heterocycles. The van der Waals surface area contributed by atoms with Gasteiger partial charge in [0.15, 0.2) is 0 Å². The predicted molar refractivity (Wildman–Crippen MR) is 90.1 cm³/mol. The van der Waals surface area contributed by atoms with Crippen LogP contribution >= 0.6 is 21.0 Å². The van der Waals surface area contributed by atoms with Crippen LogP contribution in [0, 0.1) is 0 Å². The molecule has 108 valence electrons. The number of hydrogen-bond acceptors (Lipinski definition) is 2.